The van der Waals surface area contributed by atoms with Crippen molar-refractivity contribution in [1.29, 1.82) is 0 Å². The molecule has 31 heavy (non-hydrogen) atoms. The maximum atomic E-state index is 11.1. The summed E-state index contributed by atoms with van der Waals surface area (Å²) in [6, 6.07) is 14.0. The van der Waals surface area contributed by atoms with Gasteiger partial charge in [-0.05, 0) is 54.7 Å². The van der Waals surface area contributed by atoms with E-state index in [1.54, 1.807) is 10.8 Å². The first kappa shape index (κ1) is 25.4. The number of para-hydroxylation sites is 1. The summed E-state index contributed by atoms with van der Waals surface area (Å²) in [7, 11) is 0. The lowest BCUT2D eigenvalue weighted by Gasteiger charge is -2.14. The van der Waals surface area contributed by atoms with Crippen molar-refractivity contribution in [2.45, 2.75) is 38.5 Å². The summed E-state index contributed by atoms with van der Waals surface area (Å²) in [5.41, 5.74) is 7.57. The van der Waals surface area contributed by atoms with Crippen LogP contribution in [0.4, 0.5) is 0 Å². The van der Waals surface area contributed by atoms with Crippen LogP contribution in [0, 0.1) is 0 Å². The molecule has 0 unspecified atom stereocenters. The van der Waals surface area contributed by atoms with E-state index in [1.807, 2.05) is 42.5 Å². The summed E-state index contributed by atoms with van der Waals surface area (Å²) >= 11 is 6.99. The molecular formula is C22H24Br2ClN3O3. The van der Waals surface area contributed by atoms with Crippen LogP contribution < -0.4 is 10.5 Å². The molecule has 1 atom stereocenters. The van der Waals surface area contributed by atoms with Gasteiger partial charge in [0, 0.05) is 21.7 Å². The highest BCUT2D eigenvalue weighted by molar-refractivity contribution is 9.11. The molecule has 1 aromatic heterocycles. The predicted octanol–water partition coefficient (Wildman–Crippen LogP) is 4.89. The molecule has 0 bridgehead atoms. The quantitative estimate of drug-likeness (QED) is 0.361. The monoisotopic (exact) mass is 571 g/mol. The zero-order valence-electron chi connectivity index (χ0n) is 16.7. The second-order valence-corrected chi connectivity index (χ2v) is 8.87. The number of rotatable bonds is 10. The standard InChI is InChI=1S/C22H23Br2N3O3.ClH/c23-17-8-15(9-18(24)10-17)13-30-21-7-2-1-4-16(21)5-3-6-19(28)11-27-12-20(22(25)29)26-14-27;/h1-2,4,7-10,12,14,19,28H,3,5-6,11,13H2,(H2,25,29);1H/t19-;/m0./s1. The number of hydrogen-bond acceptors (Lipinski definition) is 4. The topological polar surface area (TPSA) is 90.4 Å². The molecule has 2 aromatic carbocycles. The Balaban J connectivity index is 0.00000341. The van der Waals surface area contributed by atoms with E-state index >= 15 is 0 Å². The summed E-state index contributed by atoms with van der Waals surface area (Å²) < 4.78 is 9.73. The third kappa shape index (κ3) is 7.96. The summed E-state index contributed by atoms with van der Waals surface area (Å²) in [4.78, 5) is 15.0. The molecule has 166 valence electrons. The SMILES string of the molecule is Cl.NC(=O)c1cn(C[C@@H](O)CCCc2ccccc2OCc2cc(Br)cc(Br)c2)cn1. The van der Waals surface area contributed by atoms with Crippen LogP contribution in [0.25, 0.3) is 0 Å². The van der Waals surface area contributed by atoms with Crippen LogP contribution in [-0.2, 0) is 19.6 Å². The number of aromatic nitrogens is 2. The van der Waals surface area contributed by atoms with Crippen molar-refractivity contribution >= 4 is 50.2 Å². The third-order valence-corrected chi connectivity index (χ3v) is 5.50. The molecule has 0 spiro atoms. The summed E-state index contributed by atoms with van der Waals surface area (Å²) in [5, 5.41) is 10.3. The average Bonchev–Trinajstić information content (AvgIpc) is 3.15. The van der Waals surface area contributed by atoms with E-state index in [1.165, 1.54) is 6.33 Å². The second-order valence-electron chi connectivity index (χ2n) is 7.04. The van der Waals surface area contributed by atoms with Gasteiger partial charge in [0.1, 0.15) is 18.1 Å². The van der Waals surface area contributed by atoms with Gasteiger partial charge in [0.2, 0.25) is 0 Å². The van der Waals surface area contributed by atoms with Crippen LogP contribution in [0.5, 0.6) is 5.75 Å². The maximum absolute atomic E-state index is 11.1. The first-order valence-corrected chi connectivity index (χ1v) is 11.1. The van der Waals surface area contributed by atoms with Gasteiger partial charge in [0.05, 0.1) is 12.4 Å². The average molecular weight is 574 g/mol. The molecular weight excluding hydrogens is 550 g/mol. The van der Waals surface area contributed by atoms with Crippen LogP contribution in [0.2, 0.25) is 0 Å². The predicted molar refractivity (Wildman–Crippen MR) is 130 cm³/mol. The fraction of sp³-hybridized carbons (Fsp3) is 0.273. The van der Waals surface area contributed by atoms with Gasteiger partial charge in [0.25, 0.3) is 5.91 Å². The van der Waals surface area contributed by atoms with E-state index in [4.69, 9.17) is 10.5 Å². The molecule has 0 saturated carbocycles. The normalized spacial score (nSPS) is 11.6. The van der Waals surface area contributed by atoms with Gasteiger partial charge >= 0.3 is 0 Å². The summed E-state index contributed by atoms with van der Waals surface area (Å²) in [6.45, 7) is 0.844. The van der Waals surface area contributed by atoms with Crippen LogP contribution >= 0.6 is 44.3 Å². The van der Waals surface area contributed by atoms with Gasteiger partial charge in [0.15, 0.2) is 0 Å². The van der Waals surface area contributed by atoms with E-state index in [2.05, 4.69) is 36.8 Å². The van der Waals surface area contributed by atoms with Crippen molar-refractivity contribution in [3.05, 3.63) is 80.8 Å². The van der Waals surface area contributed by atoms with E-state index in [-0.39, 0.29) is 18.1 Å². The van der Waals surface area contributed by atoms with Gasteiger partial charge in [-0.3, -0.25) is 4.79 Å². The van der Waals surface area contributed by atoms with Crippen LogP contribution in [0.1, 0.15) is 34.5 Å². The van der Waals surface area contributed by atoms with Crippen LogP contribution in [-0.4, -0.2) is 26.7 Å². The van der Waals surface area contributed by atoms with Crippen molar-refractivity contribution in [2.24, 2.45) is 5.73 Å². The minimum absolute atomic E-state index is 0. The van der Waals surface area contributed by atoms with Crippen molar-refractivity contribution in [3.63, 3.8) is 0 Å². The second kappa shape index (κ2) is 12.2. The van der Waals surface area contributed by atoms with E-state index < -0.39 is 12.0 Å². The Kier molecular flexibility index (Phi) is 10.0. The Morgan fingerprint density at radius 3 is 2.58 bits per heavy atom. The third-order valence-electron chi connectivity index (χ3n) is 4.58. The molecule has 0 aliphatic heterocycles. The lowest BCUT2D eigenvalue weighted by Crippen LogP contribution is -2.15. The molecule has 1 amide bonds. The molecule has 0 aliphatic carbocycles. The molecule has 0 fully saturated rings. The molecule has 0 aliphatic rings. The highest BCUT2D eigenvalue weighted by Crippen LogP contribution is 2.24. The molecule has 6 nitrogen and oxygen atoms in total. The lowest BCUT2D eigenvalue weighted by molar-refractivity contribution is 0.0995. The van der Waals surface area contributed by atoms with Crippen LogP contribution in [0.15, 0.2) is 63.9 Å². The molecule has 1 heterocycles. The molecule has 3 N–H and O–H groups in total. The van der Waals surface area contributed by atoms with Crippen molar-refractivity contribution in [2.75, 3.05) is 0 Å². The highest BCUT2D eigenvalue weighted by Gasteiger charge is 2.10. The molecule has 0 saturated heterocycles. The summed E-state index contributed by atoms with van der Waals surface area (Å²) in [6.07, 6.45) is 4.75. The lowest BCUT2D eigenvalue weighted by atomic mass is 10.0. The van der Waals surface area contributed by atoms with Gasteiger partial charge < -0.3 is 20.1 Å². The zero-order chi connectivity index (χ0) is 21.5. The number of carbonyl (C=O) groups excluding carboxylic acids is 1. The van der Waals surface area contributed by atoms with E-state index in [0.29, 0.717) is 19.6 Å². The fourth-order valence-corrected chi connectivity index (χ4v) is 4.55. The zero-order valence-corrected chi connectivity index (χ0v) is 20.7. The fourth-order valence-electron chi connectivity index (χ4n) is 3.16. The Labute approximate surface area is 204 Å². The minimum atomic E-state index is -0.574. The van der Waals surface area contributed by atoms with Crippen molar-refractivity contribution in [1.82, 2.24) is 9.55 Å². The number of nitrogens with zero attached hydrogens (tertiary/aromatic N) is 2. The maximum Gasteiger partial charge on any atom is 0.268 e. The van der Waals surface area contributed by atoms with Gasteiger partial charge in [-0.2, -0.15) is 0 Å². The number of ether oxygens (including phenoxy) is 1. The molecule has 3 rings (SSSR count). The number of benzene rings is 2. The number of aryl methyl sites for hydroxylation is 1. The number of aliphatic hydroxyl groups is 1. The number of aliphatic hydroxyl groups excluding tert-OH is 1. The van der Waals surface area contributed by atoms with E-state index in [9.17, 15) is 9.90 Å². The van der Waals surface area contributed by atoms with Crippen molar-refractivity contribution < 1.29 is 14.6 Å². The number of primary amides is 1. The number of carbonyl (C=O) groups is 1. The number of amides is 1. The largest absolute Gasteiger partial charge is 0.489 e. The minimum Gasteiger partial charge on any atom is -0.489 e. The Morgan fingerprint density at radius 1 is 1.19 bits per heavy atom. The number of halogens is 3. The molecule has 0 radical (unpaired) electrons. The Bertz CT molecular complexity index is 993. The number of nitrogens with two attached hydrogens (primary N) is 1. The van der Waals surface area contributed by atoms with Crippen molar-refractivity contribution in [3.8, 4) is 5.75 Å². The van der Waals surface area contributed by atoms with E-state index in [0.717, 1.165) is 38.7 Å². The smallest absolute Gasteiger partial charge is 0.268 e. The van der Waals surface area contributed by atoms with Crippen LogP contribution in [0.3, 0.4) is 0 Å². The highest BCUT2D eigenvalue weighted by atomic mass is 79.9. The summed E-state index contributed by atoms with van der Waals surface area (Å²) in [5.74, 6) is 0.277. The van der Waals surface area contributed by atoms with Gasteiger partial charge in [-0.1, -0.05) is 50.1 Å². The number of hydrogen-bond donors (Lipinski definition) is 2. The molecule has 9 heteroatoms. The molecule has 3 aromatic rings. The Morgan fingerprint density at radius 2 is 1.90 bits per heavy atom. The van der Waals surface area contributed by atoms with Gasteiger partial charge in [-0.25, -0.2) is 4.98 Å². The van der Waals surface area contributed by atoms with Gasteiger partial charge in [-0.15, -0.1) is 12.4 Å². The first-order valence-electron chi connectivity index (χ1n) is 9.56. The Hall–Kier alpha value is -1.87. The number of imidazole rings is 1. The first-order chi connectivity index (χ1) is 14.4.